The molecule has 132 valence electrons. The molecular formula is C18H20N2O5. The minimum atomic E-state index is -1.18. The van der Waals surface area contributed by atoms with Gasteiger partial charge in [-0.25, -0.2) is 9.78 Å². The van der Waals surface area contributed by atoms with E-state index in [0.717, 1.165) is 11.1 Å². The summed E-state index contributed by atoms with van der Waals surface area (Å²) in [5.41, 5.74) is 1.66. The number of pyridine rings is 1. The van der Waals surface area contributed by atoms with Gasteiger partial charge in [-0.2, -0.15) is 0 Å². The minimum absolute atomic E-state index is 0.0462. The Bertz CT molecular complexity index is 804. The van der Waals surface area contributed by atoms with Crippen molar-refractivity contribution in [2.75, 3.05) is 14.2 Å². The number of methoxy groups -OCH3 is 2. The Balaban J connectivity index is 2.24. The molecule has 25 heavy (non-hydrogen) atoms. The van der Waals surface area contributed by atoms with Crippen LogP contribution in [0.1, 0.15) is 45.1 Å². The van der Waals surface area contributed by atoms with E-state index in [1.807, 2.05) is 19.9 Å². The quantitative estimate of drug-likeness (QED) is 0.836. The van der Waals surface area contributed by atoms with Gasteiger partial charge < -0.3 is 19.9 Å². The number of hydrogen-bond donors (Lipinski definition) is 2. The van der Waals surface area contributed by atoms with Crippen LogP contribution in [0.2, 0.25) is 0 Å². The van der Waals surface area contributed by atoms with Gasteiger partial charge in [0.15, 0.2) is 11.5 Å². The van der Waals surface area contributed by atoms with E-state index in [4.69, 9.17) is 14.6 Å². The third kappa shape index (κ3) is 4.06. The lowest BCUT2D eigenvalue weighted by atomic mass is 10.0. The number of nitrogens with one attached hydrogen (secondary N) is 1. The van der Waals surface area contributed by atoms with Gasteiger partial charge in [0.25, 0.3) is 5.91 Å². The van der Waals surface area contributed by atoms with Crippen LogP contribution < -0.4 is 14.8 Å². The van der Waals surface area contributed by atoms with Crippen LogP contribution in [-0.2, 0) is 0 Å². The number of carboxylic acid groups (broad SMARTS) is 1. The second-order valence-electron chi connectivity index (χ2n) is 5.47. The molecule has 1 atom stereocenters. The van der Waals surface area contributed by atoms with Crippen molar-refractivity contribution in [3.8, 4) is 11.5 Å². The number of hydrogen-bond acceptors (Lipinski definition) is 5. The van der Waals surface area contributed by atoms with E-state index in [1.165, 1.54) is 18.2 Å². The molecular weight excluding hydrogens is 324 g/mol. The highest BCUT2D eigenvalue weighted by Crippen LogP contribution is 2.32. The van der Waals surface area contributed by atoms with Crippen molar-refractivity contribution >= 4 is 11.9 Å². The first-order valence-corrected chi connectivity index (χ1v) is 7.61. The summed E-state index contributed by atoms with van der Waals surface area (Å²) in [6, 6.07) is 7.59. The molecule has 0 saturated heterocycles. The summed E-state index contributed by atoms with van der Waals surface area (Å²) >= 11 is 0. The van der Waals surface area contributed by atoms with Crippen LogP contribution >= 0.6 is 0 Å². The van der Waals surface area contributed by atoms with Crippen LogP contribution in [0.25, 0.3) is 0 Å². The van der Waals surface area contributed by atoms with E-state index in [0.29, 0.717) is 11.5 Å². The Morgan fingerprint density at radius 3 is 2.32 bits per heavy atom. The SMILES string of the molecule is COc1cc(C)c(C(C)NC(=O)c2cccc(C(=O)O)n2)cc1OC. The summed E-state index contributed by atoms with van der Waals surface area (Å²) in [5, 5.41) is 11.8. The summed E-state index contributed by atoms with van der Waals surface area (Å²) in [6.45, 7) is 3.73. The minimum Gasteiger partial charge on any atom is -0.493 e. The van der Waals surface area contributed by atoms with E-state index in [1.54, 1.807) is 20.3 Å². The maximum Gasteiger partial charge on any atom is 0.354 e. The van der Waals surface area contributed by atoms with Gasteiger partial charge in [0.05, 0.1) is 20.3 Å². The number of aromatic carboxylic acids is 1. The molecule has 1 aromatic carbocycles. The molecule has 1 unspecified atom stereocenters. The number of amides is 1. The molecule has 1 aromatic heterocycles. The lowest BCUT2D eigenvalue weighted by Crippen LogP contribution is -2.28. The Labute approximate surface area is 145 Å². The number of carbonyl (C=O) groups is 2. The second kappa shape index (κ2) is 7.65. The summed E-state index contributed by atoms with van der Waals surface area (Å²) in [7, 11) is 3.10. The van der Waals surface area contributed by atoms with Gasteiger partial charge in [0, 0.05) is 0 Å². The van der Waals surface area contributed by atoms with E-state index < -0.39 is 11.9 Å². The summed E-state index contributed by atoms with van der Waals surface area (Å²) in [4.78, 5) is 27.2. The Hall–Kier alpha value is -3.09. The fraction of sp³-hybridized carbons (Fsp3) is 0.278. The molecule has 1 amide bonds. The molecule has 0 fully saturated rings. The van der Waals surface area contributed by atoms with Crippen LogP contribution in [0.5, 0.6) is 11.5 Å². The third-order valence-electron chi connectivity index (χ3n) is 3.79. The fourth-order valence-corrected chi connectivity index (χ4v) is 2.49. The molecule has 1 heterocycles. The molecule has 0 spiro atoms. The van der Waals surface area contributed by atoms with Crippen molar-refractivity contribution in [3.05, 3.63) is 52.8 Å². The first-order valence-electron chi connectivity index (χ1n) is 7.61. The molecule has 7 nitrogen and oxygen atoms in total. The number of aromatic nitrogens is 1. The molecule has 0 bridgehead atoms. The lowest BCUT2D eigenvalue weighted by Gasteiger charge is -2.19. The lowest BCUT2D eigenvalue weighted by molar-refractivity contribution is 0.0690. The highest BCUT2D eigenvalue weighted by atomic mass is 16.5. The number of nitrogens with zero attached hydrogens (tertiary/aromatic N) is 1. The van der Waals surface area contributed by atoms with E-state index in [9.17, 15) is 9.59 Å². The molecule has 0 saturated carbocycles. The van der Waals surface area contributed by atoms with Crippen LogP contribution in [0.15, 0.2) is 30.3 Å². The predicted molar refractivity (Wildman–Crippen MR) is 91.4 cm³/mol. The zero-order valence-corrected chi connectivity index (χ0v) is 14.5. The van der Waals surface area contributed by atoms with Crippen molar-refractivity contribution in [1.29, 1.82) is 0 Å². The highest BCUT2D eigenvalue weighted by molar-refractivity contribution is 5.94. The van der Waals surface area contributed by atoms with Gasteiger partial charge in [-0.3, -0.25) is 4.79 Å². The van der Waals surface area contributed by atoms with Crippen molar-refractivity contribution in [1.82, 2.24) is 10.3 Å². The summed E-state index contributed by atoms with van der Waals surface area (Å²) in [5.74, 6) is -0.462. The van der Waals surface area contributed by atoms with Gasteiger partial charge in [-0.15, -0.1) is 0 Å². The number of carbonyl (C=O) groups excluding carboxylic acids is 1. The maximum absolute atomic E-state index is 12.4. The molecule has 0 aliphatic rings. The fourth-order valence-electron chi connectivity index (χ4n) is 2.49. The van der Waals surface area contributed by atoms with Gasteiger partial charge in [-0.05, 0) is 49.2 Å². The molecule has 7 heteroatoms. The van der Waals surface area contributed by atoms with E-state index >= 15 is 0 Å². The first-order chi connectivity index (χ1) is 11.9. The van der Waals surface area contributed by atoms with Crippen LogP contribution in [-0.4, -0.2) is 36.2 Å². The number of aryl methyl sites for hydroxylation is 1. The standard InChI is InChI=1S/C18H20N2O5/c1-10-8-15(24-3)16(25-4)9-12(10)11(2)19-17(21)13-6-5-7-14(20-13)18(22)23/h5-9,11H,1-4H3,(H,19,21)(H,22,23). The molecule has 0 aliphatic carbocycles. The van der Waals surface area contributed by atoms with Gasteiger partial charge >= 0.3 is 5.97 Å². The molecule has 0 aliphatic heterocycles. The van der Waals surface area contributed by atoms with Gasteiger partial charge in [0.1, 0.15) is 11.4 Å². The predicted octanol–water partition coefficient (Wildman–Crippen LogP) is 2.60. The zero-order chi connectivity index (χ0) is 18.6. The van der Waals surface area contributed by atoms with Gasteiger partial charge in [0.2, 0.25) is 0 Å². The van der Waals surface area contributed by atoms with Crippen LogP contribution in [0.4, 0.5) is 0 Å². The van der Waals surface area contributed by atoms with Crippen molar-refractivity contribution in [2.45, 2.75) is 19.9 Å². The third-order valence-corrected chi connectivity index (χ3v) is 3.79. The maximum atomic E-state index is 12.4. The molecule has 0 radical (unpaired) electrons. The zero-order valence-electron chi connectivity index (χ0n) is 14.5. The van der Waals surface area contributed by atoms with Crippen LogP contribution in [0.3, 0.4) is 0 Å². The van der Waals surface area contributed by atoms with Crippen molar-refractivity contribution in [3.63, 3.8) is 0 Å². The number of ether oxygens (including phenoxy) is 2. The van der Waals surface area contributed by atoms with Crippen molar-refractivity contribution < 1.29 is 24.2 Å². The number of benzene rings is 1. The summed E-state index contributed by atoms with van der Waals surface area (Å²) in [6.07, 6.45) is 0. The molecule has 2 rings (SSSR count). The van der Waals surface area contributed by atoms with Crippen LogP contribution in [0, 0.1) is 6.92 Å². The largest absolute Gasteiger partial charge is 0.493 e. The monoisotopic (exact) mass is 344 g/mol. The highest BCUT2D eigenvalue weighted by Gasteiger charge is 2.18. The average Bonchev–Trinajstić information content (AvgIpc) is 2.61. The topological polar surface area (TPSA) is 97.8 Å². The molecule has 2 N–H and O–H groups in total. The summed E-state index contributed by atoms with van der Waals surface area (Å²) < 4.78 is 10.6. The van der Waals surface area contributed by atoms with E-state index in [-0.39, 0.29) is 17.4 Å². The van der Waals surface area contributed by atoms with Gasteiger partial charge in [-0.1, -0.05) is 6.07 Å². The number of carboxylic acids is 1. The second-order valence-corrected chi connectivity index (χ2v) is 5.47. The smallest absolute Gasteiger partial charge is 0.354 e. The van der Waals surface area contributed by atoms with Crippen molar-refractivity contribution in [2.24, 2.45) is 0 Å². The Morgan fingerprint density at radius 2 is 1.72 bits per heavy atom. The Morgan fingerprint density at radius 1 is 1.12 bits per heavy atom. The molecule has 2 aromatic rings. The average molecular weight is 344 g/mol. The normalized spacial score (nSPS) is 11.5. The van der Waals surface area contributed by atoms with E-state index in [2.05, 4.69) is 10.3 Å². The number of rotatable bonds is 6. The Kier molecular flexibility index (Phi) is 5.59. The first kappa shape index (κ1) is 18.3.